The second kappa shape index (κ2) is 9.81. The summed E-state index contributed by atoms with van der Waals surface area (Å²) in [5, 5.41) is 11.3. The third kappa shape index (κ3) is 6.98. The molecule has 0 N–H and O–H groups in total. The molecule has 0 aliphatic carbocycles. The molecule has 2 aromatic rings. The molecule has 0 aliphatic rings. The molecule has 2 aromatic carbocycles. The van der Waals surface area contributed by atoms with Crippen LogP contribution in [0.1, 0.15) is 57.0 Å². The fourth-order valence-electron chi connectivity index (χ4n) is 3.77. The van der Waals surface area contributed by atoms with Crippen LogP contribution in [0, 0.1) is 15.5 Å². The van der Waals surface area contributed by atoms with Crippen molar-refractivity contribution < 1.29 is 23.9 Å². The summed E-state index contributed by atoms with van der Waals surface area (Å²) in [6, 6.07) is 11.9. The van der Waals surface area contributed by atoms with Gasteiger partial charge in [-0.3, -0.25) is 10.1 Å². The second-order valence-electron chi connectivity index (χ2n) is 9.27. The van der Waals surface area contributed by atoms with Crippen molar-refractivity contribution in [2.24, 2.45) is 5.41 Å². The van der Waals surface area contributed by atoms with Crippen molar-refractivity contribution in [1.82, 2.24) is 0 Å². The van der Waals surface area contributed by atoms with Crippen LogP contribution in [0.15, 0.2) is 42.5 Å². The maximum Gasteiger partial charge on any atom is 0.338 e. The van der Waals surface area contributed by atoms with Crippen molar-refractivity contribution in [2.75, 3.05) is 20.3 Å². The highest BCUT2D eigenvalue weighted by Gasteiger charge is 2.27. The molecule has 0 heterocycles. The van der Waals surface area contributed by atoms with E-state index < -0.39 is 10.9 Å². The quantitative estimate of drug-likeness (QED) is 0.225. The van der Waals surface area contributed by atoms with Gasteiger partial charge in [-0.2, -0.15) is 0 Å². The van der Waals surface area contributed by atoms with Crippen molar-refractivity contribution in [1.29, 1.82) is 0 Å². The van der Waals surface area contributed by atoms with Crippen LogP contribution in [0.25, 0.3) is 0 Å². The molecule has 0 aliphatic heterocycles. The normalized spacial score (nSPS) is 11.7. The zero-order chi connectivity index (χ0) is 23.2. The average Bonchev–Trinajstić information content (AvgIpc) is 2.69. The van der Waals surface area contributed by atoms with Gasteiger partial charge >= 0.3 is 11.7 Å². The van der Waals surface area contributed by atoms with Gasteiger partial charge in [0.1, 0.15) is 19.0 Å². The SMILES string of the molecule is COC(=O)c1ccc(OCCOc2ccc(C(C)(C)CC(C)(C)C)cc2)c([N+](=O)[O-])c1. The first-order valence-corrected chi connectivity index (χ1v) is 10.2. The average molecular weight is 430 g/mol. The summed E-state index contributed by atoms with van der Waals surface area (Å²) in [5.41, 5.74) is 1.32. The first kappa shape index (κ1) is 24.2. The molecule has 0 atom stereocenters. The standard InChI is InChI=1S/C24H31NO6/c1-23(2,3)16-24(4,5)18-8-10-19(11-9-18)30-13-14-31-21-12-7-17(22(26)29-6)15-20(21)25(27)28/h7-12,15H,13-14,16H2,1-6H3. The van der Waals surface area contributed by atoms with E-state index in [-0.39, 0.29) is 41.0 Å². The predicted octanol–water partition coefficient (Wildman–Crippen LogP) is 5.55. The van der Waals surface area contributed by atoms with E-state index in [1.165, 1.54) is 24.8 Å². The minimum Gasteiger partial charge on any atom is -0.490 e. The number of esters is 1. The number of ether oxygens (including phenoxy) is 3. The van der Waals surface area contributed by atoms with Gasteiger partial charge in [0.05, 0.1) is 17.6 Å². The van der Waals surface area contributed by atoms with Gasteiger partial charge in [-0.1, -0.05) is 46.8 Å². The number of benzene rings is 2. The predicted molar refractivity (Wildman–Crippen MR) is 119 cm³/mol. The van der Waals surface area contributed by atoms with E-state index in [1.54, 1.807) is 0 Å². The van der Waals surface area contributed by atoms with E-state index in [2.05, 4.69) is 51.5 Å². The number of nitro groups is 1. The van der Waals surface area contributed by atoms with Crippen molar-refractivity contribution in [3.8, 4) is 11.5 Å². The number of nitro benzene ring substituents is 1. The minimum atomic E-state index is -0.646. The molecule has 0 unspecified atom stereocenters. The molecule has 31 heavy (non-hydrogen) atoms. The number of rotatable bonds is 9. The third-order valence-corrected chi connectivity index (χ3v) is 4.79. The van der Waals surface area contributed by atoms with Crippen molar-refractivity contribution >= 4 is 11.7 Å². The van der Waals surface area contributed by atoms with E-state index in [4.69, 9.17) is 9.47 Å². The lowest BCUT2D eigenvalue weighted by Gasteiger charge is -2.33. The summed E-state index contributed by atoms with van der Waals surface area (Å²) < 4.78 is 15.8. The molecular weight excluding hydrogens is 398 g/mol. The molecule has 0 spiro atoms. The van der Waals surface area contributed by atoms with E-state index >= 15 is 0 Å². The Hall–Kier alpha value is -3.09. The van der Waals surface area contributed by atoms with Gasteiger partial charge < -0.3 is 14.2 Å². The van der Waals surface area contributed by atoms with Gasteiger partial charge in [0.15, 0.2) is 5.75 Å². The highest BCUT2D eigenvalue weighted by Crippen LogP contribution is 2.36. The van der Waals surface area contributed by atoms with Gasteiger partial charge in [0.2, 0.25) is 0 Å². The molecule has 7 heteroatoms. The topological polar surface area (TPSA) is 87.9 Å². The Kier molecular flexibility index (Phi) is 7.65. The molecule has 168 valence electrons. The maximum atomic E-state index is 11.6. The molecule has 0 bridgehead atoms. The van der Waals surface area contributed by atoms with Gasteiger partial charge in [-0.15, -0.1) is 0 Å². The maximum absolute atomic E-state index is 11.6. The lowest BCUT2D eigenvalue weighted by atomic mass is 9.72. The number of nitrogens with zero attached hydrogens (tertiary/aromatic N) is 1. The molecule has 7 nitrogen and oxygen atoms in total. The summed E-state index contributed by atoms with van der Waals surface area (Å²) in [4.78, 5) is 22.2. The van der Waals surface area contributed by atoms with Crippen LogP contribution < -0.4 is 9.47 Å². The lowest BCUT2D eigenvalue weighted by molar-refractivity contribution is -0.385. The monoisotopic (exact) mass is 429 g/mol. The molecule has 0 fully saturated rings. The third-order valence-electron chi connectivity index (χ3n) is 4.79. The Balaban J connectivity index is 1.94. The summed E-state index contributed by atoms with van der Waals surface area (Å²) in [5.74, 6) is 0.127. The Bertz CT molecular complexity index is 913. The largest absolute Gasteiger partial charge is 0.490 e. The molecule has 0 radical (unpaired) electrons. The minimum absolute atomic E-state index is 0.0508. The van der Waals surface area contributed by atoms with E-state index in [1.807, 2.05) is 12.1 Å². The zero-order valence-corrected chi connectivity index (χ0v) is 19.1. The molecule has 0 aromatic heterocycles. The smallest absolute Gasteiger partial charge is 0.338 e. The molecule has 0 saturated heterocycles. The summed E-state index contributed by atoms with van der Waals surface area (Å²) in [7, 11) is 1.22. The second-order valence-corrected chi connectivity index (χ2v) is 9.27. The molecular formula is C24H31NO6. The van der Waals surface area contributed by atoms with Crippen LogP contribution in [0.5, 0.6) is 11.5 Å². The number of hydrogen-bond donors (Lipinski definition) is 0. The number of methoxy groups -OCH3 is 1. The fraction of sp³-hybridized carbons (Fsp3) is 0.458. The summed E-state index contributed by atoms with van der Waals surface area (Å²) >= 11 is 0. The van der Waals surface area contributed by atoms with Crippen LogP contribution in [0.2, 0.25) is 0 Å². The van der Waals surface area contributed by atoms with Crippen molar-refractivity contribution in [3.63, 3.8) is 0 Å². The van der Waals surface area contributed by atoms with E-state index in [0.29, 0.717) is 5.75 Å². The van der Waals surface area contributed by atoms with Gasteiger partial charge in [-0.05, 0) is 47.1 Å². The highest BCUT2D eigenvalue weighted by atomic mass is 16.6. The van der Waals surface area contributed by atoms with Gasteiger partial charge in [0.25, 0.3) is 0 Å². The Morgan fingerprint density at radius 1 is 0.968 bits per heavy atom. The number of carbonyl (C=O) groups is 1. The summed E-state index contributed by atoms with van der Waals surface area (Å²) in [6.07, 6.45) is 1.06. The zero-order valence-electron chi connectivity index (χ0n) is 19.1. The lowest BCUT2D eigenvalue weighted by Crippen LogP contribution is -2.24. The van der Waals surface area contributed by atoms with Gasteiger partial charge in [0, 0.05) is 6.07 Å². The van der Waals surface area contributed by atoms with Crippen molar-refractivity contribution in [3.05, 3.63) is 63.7 Å². The Labute approximate surface area is 183 Å². The van der Waals surface area contributed by atoms with Crippen molar-refractivity contribution in [2.45, 2.75) is 46.5 Å². The molecule has 0 saturated carbocycles. The Morgan fingerprint density at radius 3 is 2.13 bits per heavy atom. The summed E-state index contributed by atoms with van der Waals surface area (Å²) in [6.45, 7) is 11.5. The van der Waals surface area contributed by atoms with Crippen LogP contribution in [0.3, 0.4) is 0 Å². The van der Waals surface area contributed by atoms with Crippen LogP contribution in [0.4, 0.5) is 5.69 Å². The van der Waals surface area contributed by atoms with E-state index in [0.717, 1.165) is 12.5 Å². The first-order chi connectivity index (χ1) is 14.4. The number of carbonyl (C=O) groups excluding carboxylic acids is 1. The fourth-order valence-corrected chi connectivity index (χ4v) is 3.77. The van der Waals surface area contributed by atoms with Gasteiger partial charge in [-0.25, -0.2) is 4.79 Å². The van der Waals surface area contributed by atoms with Crippen LogP contribution in [-0.4, -0.2) is 31.2 Å². The number of hydrogen-bond acceptors (Lipinski definition) is 6. The van der Waals surface area contributed by atoms with E-state index in [9.17, 15) is 14.9 Å². The molecule has 0 amide bonds. The Morgan fingerprint density at radius 2 is 1.58 bits per heavy atom. The first-order valence-electron chi connectivity index (χ1n) is 10.2. The highest BCUT2D eigenvalue weighted by molar-refractivity contribution is 5.90. The molecule has 2 rings (SSSR count). The van der Waals surface area contributed by atoms with Crippen LogP contribution in [-0.2, 0) is 10.2 Å². The van der Waals surface area contributed by atoms with Crippen LogP contribution >= 0.6 is 0 Å².